The molecule has 2 heterocycles. The minimum atomic E-state index is 0.119. The first-order chi connectivity index (χ1) is 7.70. The second-order valence-electron chi connectivity index (χ2n) is 4.43. The number of nitrogens with two attached hydrogens (primary N) is 1. The summed E-state index contributed by atoms with van der Waals surface area (Å²) in [6.45, 7) is 4.45. The van der Waals surface area contributed by atoms with Gasteiger partial charge in [-0.2, -0.15) is 0 Å². The highest BCUT2D eigenvalue weighted by atomic mass is 32.1. The average molecular weight is 234 g/mol. The SMILES string of the molecule is CCC(C)CC(N)c1cnc2ccsc2c1. The molecule has 0 saturated heterocycles. The van der Waals surface area contributed by atoms with Crippen LogP contribution >= 0.6 is 11.3 Å². The van der Waals surface area contributed by atoms with Gasteiger partial charge in [-0.3, -0.25) is 4.98 Å². The summed E-state index contributed by atoms with van der Waals surface area (Å²) in [5, 5.41) is 2.07. The lowest BCUT2D eigenvalue weighted by molar-refractivity contribution is 0.461. The van der Waals surface area contributed by atoms with Crippen LogP contribution in [-0.2, 0) is 0 Å². The molecule has 0 bridgehead atoms. The highest BCUT2D eigenvalue weighted by Crippen LogP contribution is 2.25. The molecule has 0 aromatic carbocycles. The molecule has 0 fully saturated rings. The Morgan fingerprint density at radius 2 is 2.31 bits per heavy atom. The van der Waals surface area contributed by atoms with E-state index < -0.39 is 0 Å². The Balaban J connectivity index is 2.18. The molecule has 2 nitrogen and oxygen atoms in total. The predicted octanol–water partition coefficient (Wildman–Crippen LogP) is 3.73. The van der Waals surface area contributed by atoms with E-state index in [1.54, 1.807) is 11.3 Å². The fourth-order valence-electron chi connectivity index (χ4n) is 1.80. The van der Waals surface area contributed by atoms with E-state index >= 15 is 0 Å². The van der Waals surface area contributed by atoms with Crippen LogP contribution in [0.15, 0.2) is 23.7 Å². The maximum Gasteiger partial charge on any atom is 0.0809 e. The lowest BCUT2D eigenvalue weighted by Gasteiger charge is -2.15. The molecule has 2 unspecified atom stereocenters. The van der Waals surface area contributed by atoms with Crippen LogP contribution in [-0.4, -0.2) is 4.98 Å². The van der Waals surface area contributed by atoms with E-state index in [0.717, 1.165) is 17.5 Å². The highest BCUT2D eigenvalue weighted by molar-refractivity contribution is 7.17. The van der Waals surface area contributed by atoms with Crippen molar-refractivity contribution in [3.05, 3.63) is 29.3 Å². The number of nitrogens with zero attached hydrogens (tertiary/aromatic N) is 1. The molecule has 0 radical (unpaired) electrons. The van der Waals surface area contributed by atoms with Crippen molar-refractivity contribution in [2.45, 2.75) is 32.7 Å². The van der Waals surface area contributed by atoms with Crippen molar-refractivity contribution in [3.8, 4) is 0 Å². The summed E-state index contributed by atoms with van der Waals surface area (Å²) in [6.07, 6.45) is 4.14. The zero-order valence-electron chi connectivity index (χ0n) is 9.81. The maximum absolute atomic E-state index is 6.20. The van der Waals surface area contributed by atoms with E-state index in [2.05, 4.69) is 30.3 Å². The minimum Gasteiger partial charge on any atom is -0.324 e. The predicted molar refractivity (Wildman–Crippen MR) is 70.6 cm³/mol. The zero-order chi connectivity index (χ0) is 11.5. The topological polar surface area (TPSA) is 38.9 Å². The van der Waals surface area contributed by atoms with Crippen LogP contribution in [0.25, 0.3) is 10.2 Å². The average Bonchev–Trinajstić information content (AvgIpc) is 2.75. The Morgan fingerprint density at radius 3 is 3.06 bits per heavy atom. The van der Waals surface area contributed by atoms with Gasteiger partial charge in [-0.05, 0) is 35.4 Å². The van der Waals surface area contributed by atoms with Gasteiger partial charge in [0, 0.05) is 12.2 Å². The van der Waals surface area contributed by atoms with E-state index in [1.165, 1.54) is 11.1 Å². The van der Waals surface area contributed by atoms with Gasteiger partial charge in [-0.25, -0.2) is 0 Å². The number of hydrogen-bond donors (Lipinski definition) is 1. The largest absolute Gasteiger partial charge is 0.324 e. The van der Waals surface area contributed by atoms with Gasteiger partial charge in [-0.1, -0.05) is 20.3 Å². The van der Waals surface area contributed by atoms with Crippen molar-refractivity contribution in [3.63, 3.8) is 0 Å². The molecule has 2 N–H and O–H groups in total. The van der Waals surface area contributed by atoms with Crippen molar-refractivity contribution >= 4 is 21.6 Å². The third-order valence-electron chi connectivity index (χ3n) is 3.11. The fraction of sp³-hybridized carbons (Fsp3) is 0.462. The maximum atomic E-state index is 6.20. The first-order valence-corrected chi connectivity index (χ1v) is 6.67. The van der Waals surface area contributed by atoms with E-state index in [0.29, 0.717) is 5.92 Å². The Kier molecular flexibility index (Phi) is 3.56. The standard InChI is InChI=1S/C13H18N2S/c1-3-9(2)6-11(14)10-7-13-12(15-8-10)4-5-16-13/h4-5,7-9,11H,3,6,14H2,1-2H3. The van der Waals surface area contributed by atoms with Gasteiger partial charge in [0.25, 0.3) is 0 Å². The summed E-state index contributed by atoms with van der Waals surface area (Å²) in [5.41, 5.74) is 8.43. The van der Waals surface area contributed by atoms with Gasteiger partial charge in [-0.15, -0.1) is 11.3 Å². The summed E-state index contributed by atoms with van der Waals surface area (Å²) in [4.78, 5) is 4.43. The van der Waals surface area contributed by atoms with Gasteiger partial charge < -0.3 is 5.73 Å². The highest BCUT2D eigenvalue weighted by Gasteiger charge is 2.11. The van der Waals surface area contributed by atoms with Crippen LogP contribution in [0.2, 0.25) is 0 Å². The monoisotopic (exact) mass is 234 g/mol. The van der Waals surface area contributed by atoms with Crippen molar-refractivity contribution in [2.24, 2.45) is 11.7 Å². The number of pyridine rings is 1. The first-order valence-electron chi connectivity index (χ1n) is 5.79. The molecule has 2 rings (SSSR count). The van der Waals surface area contributed by atoms with Crippen molar-refractivity contribution in [1.82, 2.24) is 4.98 Å². The third kappa shape index (κ3) is 2.42. The number of thiophene rings is 1. The van der Waals surface area contributed by atoms with Crippen LogP contribution in [0.5, 0.6) is 0 Å². The van der Waals surface area contributed by atoms with Gasteiger partial charge >= 0.3 is 0 Å². The molecule has 0 amide bonds. The Morgan fingerprint density at radius 1 is 1.50 bits per heavy atom. The zero-order valence-corrected chi connectivity index (χ0v) is 10.6. The molecule has 0 saturated carbocycles. The quantitative estimate of drug-likeness (QED) is 0.875. The molecule has 2 aromatic rings. The van der Waals surface area contributed by atoms with Crippen LogP contribution in [0.1, 0.15) is 38.3 Å². The van der Waals surface area contributed by atoms with E-state index in [9.17, 15) is 0 Å². The lowest BCUT2D eigenvalue weighted by atomic mass is 9.96. The van der Waals surface area contributed by atoms with Crippen molar-refractivity contribution < 1.29 is 0 Å². The van der Waals surface area contributed by atoms with Crippen molar-refractivity contribution in [1.29, 1.82) is 0 Å². The van der Waals surface area contributed by atoms with Gasteiger partial charge in [0.05, 0.1) is 10.2 Å². The summed E-state index contributed by atoms with van der Waals surface area (Å²) in [6, 6.07) is 4.35. The van der Waals surface area contributed by atoms with Crippen LogP contribution in [0, 0.1) is 5.92 Å². The van der Waals surface area contributed by atoms with E-state index in [1.807, 2.05) is 12.3 Å². The number of hydrogen-bond acceptors (Lipinski definition) is 3. The molecule has 2 atom stereocenters. The van der Waals surface area contributed by atoms with Crippen LogP contribution in [0.3, 0.4) is 0 Å². The normalized spacial score (nSPS) is 15.2. The summed E-state index contributed by atoms with van der Waals surface area (Å²) in [5.74, 6) is 0.675. The number of rotatable bonds is 4. The molecule has 86 valence electrons. The van der Waals surface area contributed by atoms with Gasteiger partial charge in [0.15, 0.2) is 0 Å². The smallest absolute Gasteiger partial charge is 0.0809 e. The van der Waals surface area contributed by atoms with Gasteiger partial charge in [0.2, 0.25) is 0 Å². The van der Waals surface area contributed by atoms with Crippen LogP contribution < -0.4 is 5.73 Å². The van der Waals surface area contributed by atoms with Crippen LogP contribution in [0.4, 0.5) is 0 Å². The minimum absolute atomic E-state index is 0.119. The molecular weight excluding hydrogens is 216 g/mol. The Labute approximate surface area is 101 Å². The summed E-state index contributed by atoms with van der Waals surface area (Å²) >= 11 is 1.73. The Bertz CT molecular complexity index is 464. The Hall–Kier alpha value is -0.930. The fourth-order valence-corrected chi connectivity index (χ4v) is 2.59. The molecular formula is C13H18N2S. The number of aromatic nitrogens is 1. The molecule has 16 heavy (non-hydrogen) atoms. The van der Waals surface area contributed by atoms with E-state index in [-0.39, 0.29) is 6.04 Å². The second kappa shape index (κ2) is 4.93. The van der Waals surface area contributed by atoms with Crippen molar-refractivity contribution in [2.75, 3.05) is 0 Å². The molecule has 0 aliphatic heterocycles. The third-order valence-corrected chi connectivity index (χ3v) is 3.96. The second-order valence-corrected chi connectivity index (χ2v) is 5.38. The lowest BCUT2D eigenvalue weighted by Crippen LogP contribution is -2.13. The molecule has 0 aliphatic carbocycles. The molecule has 0 aliphatic rings. The number of fused-ring (bicyclic) bond motifs is 1. The summed E-state index contributed by atoms with van der Waals surface area (Å²) < 4.78 is 1.23. The van der Waals surface area contributed by atoms with E-state index in [4.69, 9.17) is 5.73 Å². The molecule has 2 aromatic heterocycles. The summed E-state index contributed by atoms with van der Waals surface area (Å²) in [7, 11) is 0. The molecule has 3 heteroatoms. The first kappa shape index (κ1) is 11.6. The van der Waals surface area contributed by atoms with Gasteiger partial charge in [0.1, 0.15) is 0 Å². The molecule has 0 spiro atoms.